The van der Waals surface area contributed by atoms with E-state index in [4.69, 9.17) is 4.74 Å². The summed E-state index contributed by atoms with van der Waals surface area (Å²) >= 11 is 1.66. The van der Waals surface area contributed by atoms with Crippen molar-refractivity contribution in [2.45, 2.75) is 31.2 Å². The number of piperidine rings is 1. The molecule has 0 radical (unpaired) electrons. The zero-order valence-electron chi connectivity index (χ0n) is 15.4. The number of benzene rings is 1. The molecule has 0 aliphatic carbocycles. The van der Waals surface area contributed by atoms with Gasteiger partial charge in [0.25, 0.3) is 0 Å². The Labute approximate surface area is 159 Å². The Hall–Kier alpha value is -2.10. The van der Waals surface area contributed by atoms with Crippen molar-refractivity contribution in [1.82, 2.24) is 14.9 Å². The molecule has 0 bridgehead atoms. The lowest BCUT2D eigenvalue weighted by atomic mass is 10.1. The number of aryl methyl sites for hydroxylation is 1. The molecule has 0 unspecified atom stereocenters. The third kappa shape index (κ3) is 4.54. The Kier molecular flexibility index (Phi) is 6.48. The number of hydrogen-bond acceptors (Lipinski definition) is 6. The van der Waals surface area contributed by atoms with Crippen molar-refractivity contribution in [1.29, 1.82) is 5.26 Å². The molecule has 2 aromatic rings. The monoisotopic (exact) mass is 368 g/mol. The topological polar surface area (TPSA) is 62.0 Å². The van der Waals surface area contributed by atoms with Gasteiger partial charge in [-0.2, -0.15) is 5.26 Å². The maximum Gasteiger partial charge on any atom is 0.160 e. The number of thioether (sulfide) groups is 1. The molecule has 0 N–H and O–H groups in total. The van der Waals surface area contributed by atoms with Crippen LogP contribution in [-0.2, 0) is 0 Å². The second-order valence-corrected chi connectivity index (χ2v) is 7.49. The number of aromatic nitrogens is 2. The number of ether oxygens (including phenoxy) is 1. The Morgan fingerprint density at radius 2 is 1.88 bits per heavy atom. The van der Waals surface area contributed by atoms with Gasteiger partial charge < -0.3 is 9.64 Å². The summed E-state index contributed by atoms with van der Waals surface area (Å²) in [5, 5.41) is 10.3. The van der Waals surface area contributed by atoms with Gasteiger partial charge in [0, 0.05) is 17.9 Å². The van der Waals surface area contributed by atoms with E-state index in [0.29, 0.717) is 11.4 Å². The van der Waals surface area contributed by atoms with E-state index < -0.39 is 0 Å². The van der Waals surface area contributed by atoms with Crippen molar-refractivity contribution in [2.75, 3.05) is 32.5 Å². The number of likely N-dealkylation sites (tertiary alicyclic amines) is 1. The lowest BCUT2D eigenvalue weighted by Crippen LogP contribution is -2.31. The lowest BCUT2D eigenvalue weighted by molar-refractivity contribution is 0.242. The third-order valence-corrected chi connectivity index (χ3v) is 5.57. The van der Waals surface area contributed by atoms with Crippen molar-refractivity contribution in [3.8, 4) is 23.2 Å². The predicted molar refractivity (Wildman–Crippen MR) is 104 cm³/mol. The van der Waals surface area contributed by atoms with Gasteiger partial charge >= 0.3 is 0 Å². The van der Waals surface area contributed by atoms with Crippen LogP contribution in [0.3, 0.4) is 0 Å². The number of methoxy groups -OCH3 is 1. The first kappa shape index (κ1) is 18.7. The van der Waals surface area contributed by atoms with Crippen LogP contribution in [0.4, 0.5) is 0 Å². The van der Waals surface area contributed by atoms with Gasteiger partial charge in [-0.1, -0.05) is 6.42 Å². The third-order valence-electron chi connectivity index (χ3n) is 4.61. The highest BCUT2D eigenvalue weighted by Crippen LogP contribution is 2.27. The number of nitriles is 1. The van der Waals surface area contributed by atoms with Crippen LogP contribution in [0.15, 0.2) is 29.3 Å². The summed E-state index contributed by atoms with van der Waals surface area (Å²) < 4.78 is 5.21. The average molecular weight is 369 g/mol. The zero-order chi connectivity index (χ0) is 18.4. The van der Waals surface area contributed by atoms with E-state index in [-0.39, 0.29) is 0 Å². The summed E-state index contributed by atoms with van der Waals surface area (Å²) in [4.78, 5) is 11.7. The Morgan fingerprint density at radius 3 is 2.54 bits per heavy atom. The van der Waals surface area contributed by atoms with Crippen LogP contribution in [0.25, 0.3) is 11.4 Å². The minimum absolute atomic E-state index is 0.589. The predicted octanol–water partition coefficient (Wildman–Crippen LogP) is 3.91. The number of hydrogen-bond donors (Lipinski definition) is 0. The molecule has 1 aromatic heterocycles. The van der Waals surface area contributed by atoms with Gasteiger partial charge in [0.2, 0.25) is 0 Å². The molecule has 0 saturated carbocycles. The van der Waals surface area contributed by atoms with Gasteiger partial charge in [-0.05, 0) is 57.1 Å². The summed E-state index contributed by atoms with van der Waals surface area (Å²) in [6, 6.07) is 9.96. The summed E-state index contributed by atoms with van der Waals surface area (Å²) in [6.07, 6.45) is 3.93. The summed E-state index contributed by atoms with van der Waals surface area (Å²) in [7, 11) is 1.65. The fraction of sp³-hybridized carbons (Fsp3) is 0.450. The van der Waals surface area contributed by atoms with Crippen LogP contribution in [0.2, 0.25) is 0 Å². The molecule has 136 valence electrons. The minimum Gasteiger partial charge on any atom is -0.497 e. The van der Waals surface area contributed by atoms with Crippen molar-refractivity contribution < 1.29 is 4.74 Å². The van der Waals surface area contributed by atoms with Crippen LogP contribution in [0.1, 0.15) is 30.5 Å². The van der Waals surface area contributed by atoms with E-state index in [1.165, 1.54) is 32.4 Å². The first-order chi connectivity index (χ1) is 12.7. The van der Waals surface area contributed by atoms with Crippen LogP contribution in [-0.4, -0.2) is 47.4 Å². The molecule has 6 heteroatoms. The van der Waals surface area contributed by atoms with E-state index in [1.807, 2.05) is 31.2 Å². The standard InChI is InChI=1S/C20H24N4OS/c1-15-18(14-21)20(26-13-12-24-10-4-3-5-11-24)23-19(22-15)16-6-8-17(25-2)9-7-16/h6-9H,3-5,10-13H2,1-2H3. The fourth-order valence-corrected chi connectivity index (χ4v) is 4.13. The van der Waals surface area contributed by atoms with E-state index >= 15 is 0 Å². The molecular formula is C20H24N4OS. The Balaban J connectivity index is 1.76. The van der Waals surface area contributed by atoms with Gasteiger partial charge in [0.05, 0.1) is 12.8 Å². The van der Waals surface area contributed by atoms with Crippen LogP contribution >= 0.6 is 11.8 Å². The average Bonchev–Trinajstić information content (AvgIpc) is 2.68. The van der Waals surface area contributed by atoms with Crippen LogP contribution < -0.4 is 4.74 Å². The summed E-state index contributed by atoms with van der Waals surface area (Å²) in [5.74, 6) is 2.40. The fourth-order valence-electron chi connectivity index (χ4n) is 3.10. The highest BCUT2D eigenvalue weighted by molar-refractivity contribution is 7.99. The van der Waals surface area contributed by atoms with E-state index in [0.717, 1.165) is 34.3 Å². The first-order valence-electron chi connectivity index (χ1n) is 8.99. The Morgan fingerprint density at radius 1 is 1.15 bits per heavy atom. The van der Waals surface area contributed by atoms with Gasteiger partial charge in [0.15, 0.2) is 5.82 Å². The van der Waals surface area contributed by atoms with Gasteiger partial charge in [-0.15, -0.1) is 11.8 Å². The first-order valence-corrected chi connectivity index (χ1v) is 9.98. The quantitative estimate of drug-likeness (QED) is 0.569. The van der Waals surface area contributed by atoms with E-state index in [2.05, 4.69) is 20.9 Å². The van der Waals surface area contributed by atoms with Crippen molar-refractivity contribution >= 4 is 11.8 Å². The summed E-state index contributed by atoms with van der Waals surface area (Å²) in [6.45, 7) is 5.29. The minimum atomic E-state index is 0.589. The van der Waals surface area contributed by atoms with Gasteiger partial charge in [-0.25, -0.2) is 9.97 Å². The van der Waals surface area contributed by atoms with Crippen LogP contribution in [0.5, 0.6) is 5.75 Å². The largest absolute Gasteiger partial charge is 0.497 e. The summed E-state index contributed by atoms with van der Waals surface area (Å²) in [5.41, 5.74) is 2.25. The molecule has 1 aliphatic rings. The molecule has 5 nitrogen and oxygen atoms in total. The second-order valence-electron chi connectivity index (χ2n) is 6.40. The molecule has 0 spiro atoms. The number of rotatable bonds is 6. The van der Waals surface area contributed by atoms with Crippen molar-refractivity contribution in [3.05, 3.63) is 35.5 Å². The SMILES string of the molecule is COc1ccc(-c2nc(C)c(C#N)c(SCCN3CCCCC3)n2)cc1. The molecule has 3 rings (SSSR count). The molecular weight excluding hydrogens is 344 g/mol. The van der Waals surface area contributed by atoms with Crippen LogP contribution in [0, 0.1) is 18.3 Å². The molecule has 0 atom stereocenters. The molecule has 1 aliphatic heterocycles. The van der Waals surface area contributed by atoms with Gasteiger partial charge in [-0.3, -0.25) is 0 Å². The normalized spacial score (nSPS) is 14.8. The maximum atomic E-state index is 9.51. The molecule has 0 amide bonds. The molecule has 2 heterocycles. The molecule has 1 saturated heterocycles. The zero-order valence-corrected chi connectivity index (χ0v) is 16.2. The van der Waals surface area contributed by atoms with Gasteiger partial charge in [0.1, 0.15) is 22.4 Å². The maximum absolute atomic E-state index is 9.51. The van der Waals surface area contributed by atoms with E-state index in [1.54, 1.807) is 18.9 Å². The lowest BCUT2D eigenvalue weighted by Gasteiger charge is -2.26. The molecule has 1 aromatic carbocycles. The second kappa shape index (κ2) is 9.02. The van der Waals surface area contributed by atoms with Crippen molar-refractivity contribution in [3.63, 3.8) is 0 Å². The Bertz CT molecular complexity index is 780. The highest BCUT2D eigenvalue weighted by atomic mass is 32.2. The molecule has 1 fully saturated rings. The van der Waals surface area contributed by atoms with E-state index in [9.17, 15) is 5.26 Å². The van der Waals surface area contributed by atoms with Crippen molar-refractivity contribution in [2.24, 2.45) is 0 Å². The number of nitrogens with zero attached hydrogens (tertiary/aromatic N) is 4. The smallest absolute Gasteiger partial charge is 0.160 e. The molecule has 26 heavy (non-hydrogen) atoms. The highest BCUT2D eigenvalue weighted by Gasteiger charge is 2.15.